The van der Waals surface area contributed by atoms with Crippen LogP contribution in [0.3, 0.4) is 0 Å². The molecule has 1 unspecified atom stereocenters. The van der Waals surface area contributed by atoms with Gasteiger partial charge in [0.15, 0.2) is 0 Å². The molecular formula is C10H13Br2NS3. The molecule has 0 radical (unpaired) electrons. The Bertz CT molecular complexity index is 317. The van der Waals surface area contributed by atoms with Gasteiger partial charge in [-0.1, -0.05) is 0 Å². The van der Waals surface area contributed by atoms with Gasteiger partial charge in [0.1, 0.15) is 0 Å². The fraction of sp³-hybridized carbons (Fsp3) is 0.600. The van der Waals surface area contributed by atoms with Crippen LogP contribution in [0, 0.1) is 0 Å². The van der Waals surface area contributed by atoms with Crippen LogP contribution >= 0.6 is 66.7 Å². The third-order valence-electron chi connectivity index (χ3n) is 2.25. The third kappa shape index (κ3) is 4.21. The molecule has 1 N–H and O–H groups in total. The Hall–Kier alpha value is 1.32. The van der Waals surface area contributed by atoms with Gasteiger partial charge in [-0.3, -0.25) is 0 Å². The average Bonchev–Trinajstić information content (AvgIpc) is 2.60. The Kier molecular flexibility index (Phi) is 6.05. The van der Waals surface area contributed by atoms with Crippen LogP contribution in [0.2, 0.25) is 0 Å². The van der Waals surface area contributed by atoms with E-state index in [-0.39, 0.29) is 0 Å². The molecule has 6 heteroatoms. The van der Waals surface area contributed by atoms with Gasteiger partial charge in [-0.25, -0.2) is 0 Å². The summed E-state index contributed by atoms with van der Waals surface area (Å²) in [5, 5.41) is 4.34. The summed E-state index contributed by atoms with van der Waals surface area (Å²) in [6.45, 7) is 2.11. The summed E-state index contributed by atoms with van der Waals surface area (Å²) in [6.07, 6.45) is 0. The molecule has 1 saturated heterocycles. The minimum atomic E-state index is 0.797. The van der Waals surface area contributed by atoms with Crippen molar-refractivity contribution in [2.24, 2.45) is 0 Å². The number of hydrogen-bond acceptors (Lipinski definition) is 4. The molecule has 1 fully saturated rings. The van der Waals surface area contributed by atoms with E-state index in [1.807, 2.05) is 0 Å². The number of rotatable bonds is 4. The molecule has 2 heterocycles. The Balaban J connectivity index is 1.71. The second-order valence-electron chi connectivity index (χ2n) is 3.53. The predicted octanol–water partition coefficient (Wildman–Crippen LogP) is 4.21. The monoisotopic (exact) mass is 401 g/mol. The van der Waals surface area contributed by atoms with E-state index in [2.05, 4.69) is 66.8 Å². The van der Waals surface area contributed by atoms with Crippen molar-refractivity contribution in [2.45, 2.75) is 11.8 Å². The fourth-order valence-corrected chi connectivity index (χ4v) is 6.28. The molecule has 0 bridgehead atoms. The van der Waals surface area contributed by atoms with E-state index in [4.69, 9.17) is 0 Å². The number of hydrogen-bond donors (Lipinski definition) is 1. The summed E-state index contributed by atoms with van der Waals surface area (Å²) in [4.78, 5) is 1.38. The Morgan fingerprint density at radius 3 is 2.88 bits per heavy atom. The maximum atomic E-state index is 3.55. The first-order valence-corrected chi connectivity index (χ1v) is 9.70. The smallest absolute Gasteiger partial charge is 0.0843 e. The minimum Gasteiger partial charge on any atom is -0.311 e. The maximum Gasteiger partial charge on any atom is 0.0843 e. The van der Waals surface area contributed by atoms with E-state index in [0.29, 0.717) is 0 Å². The first-order valence-electron chi connectivity index (χ1n) is 5.09. The summed E-state index contributed by atoms with van der Waals surface area (Å²) in [5.41, 5.74) is 0. The van der Waals surface area contributed by atoms with Crippen molar-refractivity contribution in [3.8, 4) is 0 Å². The van der Waals surface area contributed by atoms with Crippen LogP contribution < -0.4 is 5.32 Å². The molecule has 1 aromatic heterocycles. The van der Waals surface area contributed by atoms with Gasteiger partial charge in [-0.2, -0.15) is 23.5 Å². The average molecular weight is 403 g/mol. The van der Waals surface area contributed by atoms with Crippen molar-refractivity contribution >= 4 is 66.7 Å². The molecule has 1 nitrogen and oxygen atoms in total. The zero-order valence-corrected chi connectivity index (χ0v) is 14.3. The van der Waals surface area contributed by atoms with Gasteiger partial charge in [0.25, 0.3) is 0 Å². The summed E-state index contributed by atoms with van der Waals surface area (Å²) < 4.78 is 2.35. The summed E-state index contributed by atoms with van der Waals surface area (Å²) >= 11 is 13.0. The van der Waals surface area contributed by atoms with Gasteiger partial charge < -0.3 is 5.32 Å². The SMILES string of the molecule is Brc1cc(CNCC2CSCCS2)sc1Br. The van der Waals surface area contributed by atoms with E-state index in [9.17, 15) is 0 Å². The highest BCUT2D eigenvalue weighted by molar-refractivity contribution is 9.13. The van der Waals surface area contributed by atoms with E-state index >= 15 is 0 Å². The molecule has 2 rings (SSSR count). The fourth-order valence-electron chi connectivity index (χ4n) is 1.49. The summed E-state index contributed by atoms with van der Waals surface area (Å²) in [6, 6.07) is 2.19. The van der Waals surface area contributed by atoms with Crippen molar-refractivity contribution < 1.29 is 0 Å². The zero-order valence-electron chi connectivity index (χ0n) is 8.67. The van der Waals surface area contributed by atoms with E-state index in [0.717, 1.165) is 22.8 Å². The van der Waals surface area contributed by atoms with Crippen LogP contribution in [0.25, 0.3) is 0 Å². The topological polar surface area (TPSA) is 12.0 Å². The second-order valence-corrected chi connectivity index (χ2v) is 9.40. The van der Waals surface area contributed by atoms with E-state index in [1.54, 1.807) is 11.3 Å². The molecule has 1 aliphatic rings. The summed E-state index contributed by atoms with van der Waals surface area (Å²) in [7, 11) is 0. The zero-order chi connectivity index (χ0) is 11.4. The van der Waals surface area contributed by atoms with Crippen LogP contribution in [0.5, 0.6) is 0 Å². The first kappa shape index (κ1) is 13.7. The van der Waals surface area contributed by atoms with Gasteiger partial charge in [0, 0.05) is 44.9 Å². The standard InChI is InChI=1S/C10H13Br2NS3/c11-9-3-7(16-10(9)12)4-13-5-8-6-14-1-2-15-8/h3,8,13H,1-2,4-6H2. The molecule has 0 aromatic carbocycles. The quantitative estimate of drug-likeness (QED) is 0.809. The molecule has 90 valence electrons. The molecule has 1 atom stereocenters. The molecule has 0 spiro atoms. The normalized spacial score (nSPS) is 21.2. The predicted molar refractivity (Wildman–Crippen MR) is 85.0 cm³/mol. The highest BCUT2D eigenvalue weighted by Gasteiger charge is 2.13. The summed E-state index contributed by atoms with van der Waals surface area (Å²) in [5.74, 6) is 3.94. The number of thiophene rings is 1. The lowest BCUT2D eigenvalue weighted by Crippen LogP contribution is -2.28. The minimum absolute atomic E-state index is 0.797. The van der Waals surface area contributed by atoms with Crippen molar-refractivity contribution in [3.05, 3.63) is 19.2 Å². The van der Waals surface area contributed by atoms with Crippen LogP contribution in [-0.2, 0) is 6.54 Å². The largest absolute Gasteiger partial charge is 0.311 e. The molecule has 0 saturated carbocycles. The van der Waals surface area contributed by atoms with Gasteiger partial charge in [0.2, 0.25) is 0 Å². The lowest BCUT2D eigenvalue weighted by molar-refractivity contribution is 0.693. The lowest BCUT2D eigenvalue weighted by Gasteiger charge is -2.20. The number of thioether (sulfide) groups is 2. The highest BCUT2D eigenvalue weighted by atomic mass is 79.9. The molecule has 0 aliphatic carbocycles. The van der Waals surface area contributed by atoms with Gasteiger partial charge in [-0.15, -0.1) is 11.3 Å². The molecule has 1 aromatic rings. The molecule has 1 aliphatic heterocycles. The third-order valence-corrected chi connectivity index (χ3v) is 8.35. The van der Waals surface area contributed by atoms with E-state index < -0.39 is 0 Å². The van der Waals surface area contributed by atoms with Crippen molar-refractivity contribution in [1.82, 2.24) is 5.32 Å². The maximum absolute atomic E-state index is 3.55. The highest BCUT2D eigenvalue weighted by Crippen LogP contribution is 2.32. The number of nitrogens with one attached hydrogen (secondary N) is 1. The number of halogens is 2. The Labute approximate surface area is 126 Å². The van der Waals surface area contributed by atoms with Gasteiger partial charge in [0.05, 0.1) is 3.79 Å². The molecule has 16 heavy (non-hydrogen) atoms. The van der Waals surface area contributed by atoms with Crippen molar-refractivity contribution in [1.29, 1.82) is 0 Å². The van der Waals surface area contributed by atoms with E-state index in [1.165, 1.54) is 25.9 Å². The molecular weight excluding hydrogens is 390 g/mol. The second kappa shape index (κ2) is 7.04. The first-order chi connectivity index (χ1) is 7.75. The van der Waals surface area contributed by atoms with Crippen LogP contribution in [0.1, 0.15) is 4.88 Å². The Morgan fingerprint density at radius 1 is 1.38 bits per heavy atom. The van der Waals surface area contributed by atoms with Crippen molar-refractivity contribution in [3.63, 3.8) is 0 Å². The lowest BCUT2D eigenvalue weighted by atomic mass is 10.4. The van der Waals surface area contributed by atoms with Crippen LogP contribution in [-0.4, -0.2) is 29.1 Å². The van der Waals surface area contributed by atoms with Crippen LogP contribution in [0.4, 0.5) is 0 Å². The van der Waals surface area contributed by atoms with Gasteiger partial charge in [-0.05, 0) is 37.9 Å². The Morgan fingerprint density at radius 2 is 2.25 bits per heavy atom. The molecule has 0 amide bonds. The van der Waals surface area contributed by atoms with Crippen LogP contribution in [0.15, 0.2) is 14.3 Å². The van der Waals surface area contributed by atoms with Gasteiger partial charge >= 0.3 is 0 Å². The van der Waals surface area contributed by atoms with Crippen molar-refractivity contribution in [2.75, 3.05) is 23.8 Å².